The normalized spacial score (nSPS) is 13.9. The molecule has 2 atom stereocenters. The molecule has 0 heterocycles. The van der Waals surface area contributed by atoms with E-state index in [0.717, 1.165) is 6.42 Å². The minimum atomic E-state index is -0.813. The van der Waals surface area contributed by atoms with Crippen LogP contribution in [-0.4, -0.2) is 41.3 Å². The molecular formula is C9H17N3O2S. The Morgan fingerprint density at radius 3 is 2.80 bits per heavy atom. The van der Waals surface area contributed by atoms with Crippen LogP contribution in [0.1, 0.15) is 13.3 Å². The molecule has 0 bridgehead atoms. The van der Waals surface area contributed by atoms with Crippen LogP contribution in [0.25, 0.3) is 0 Å². The first-order valence-corrected chi connectivity index (χ1v) is 6.36. The van der Waals surface area contributed by atoms with Gasteiger partial charge in [0, 0.05) is 22.3 Å². The van der Waals surface area contributed by atoms with E-state index >= 15 is 0 Å². The van der Waals surface area contributed by atoms with Crippen molar-refractivity contribution < 1.29 is 9.00 Å². The topological polar surface area (TPSA) is 82.0 Å². The standard InChI is InChI=1S/C9H17N3O2S/c1-8(15(2)14)3-5-11-7-9(13)12-6-4-10/h8,11H,3,5-7H2,1-2H3,(H,12,13). The van der Waals surface area contributed by atoms with Gasteiger partial charge in [0.15, 0.2) is 0 Å². The van der Waals surface area contributed by atoms with Crippen LogP contribution in [-0.2, 0) is 15.6 Å². The largest absolute Gasteiger partial charge is 0.342 e. The second-order valence-electron chi connectivity index (χ2n) is 3.21. The number of hydrogen-bond donors (Lipinski definition) is 2. The van der Waals surface area contributed by atoms with Crippen molar-refractivity contribution in [2.24, 2.45) is 0 Å². The Morgan fingerprint density at radius 2 is 2.27 bits per heavy atom. The van der Waals surface area contributed by atoms with Gasteiger partial charge in [-0.1, -0.05) is 6.92 Å². The molecule has 1 amide bonds. The highest BCUT2D eigenvalue weighted by atomic mass is 32.2. The molecule has 0 radical (unpaired) electrons. The maximum absolute atomic E-state index is 11.0. The highest BCUT2D eigenvalue weighted by molar-refractivity contribution is 7.84. The summed E-state index contributed by atoms with van der Waals surface area (Å²) in [6.45, 7) is 2.80. The Bertz CT molecular complexity index is 263. The third-order valence-electron chi connectivity index (χ3n) is 1.94. The minimum absolute atomic E-state index is 0.0376. The number of nitriles is 1. The quantitative estimate of drug-likeness (QED) is 0.451. The minimum Gasteiger partial charge on any atom is -0.342 e. The lowest BCUT2D eigenvalue weighted by Crippen LogP contribution is -2.35. The maximum atomic E-state index is 11.0. The molecule has 2 N–H and O–H groups in total. The van der Waals surface area contributed by atoms with Gasteiger partial charge >= 0.3 is 0 Å². The van der Waals surface area contributed by atoms with Gasteiger partial charge in [-0.15, -0.1) is 0 Å². The number of carbonyl (C=O) groups excluding carboxylic acids is 1. The van der Waals surface area contributed by atoms with Crippen LogP contribution in [0.15, 0.2) is 0 Å². The van der Waals surface area contributed by atoms with Crippen LogP contribution >= 0.6 is 0 Å². The molecule has 0 aliphatic rings. The lowest BCUT2D eigenvalue weighted by atomic mass is 10.3. The number of hydrogen-bond acceptors (Lipinski definition) is 4. The summed E-state index contributed by atoms with van der Waals surface area (Å²) in [5, 5.41) is 13.7. The SMILES string of the molecule is CC(CCNCC(=O)NCC#N)S(C)=O. The molecule has 86 valence electrons. The molecule has 0 aliphatic heterocycles. The van der Waals surface area contributed by atoms with Crippen molar-refractivity contribution in [3.8, 4) is 6.07 Å². The summed E-state index contributed by atoms with van der Waals surface area (Å²) in [7, 11) is -0.813. The van der Waals surface area contributed by atoms with Crippen molar-refractivity contribution in [1.82, 2.24) is 10.6 Å². The first kappa shape index (κ1) is 14.1. The summed E-state index contributed by atoms with van der Waals surface area (Å²) < 4.78 is 11.0. The third kappa shape index (κ3) is 8.09. The molecule has 0 rings (SSSR count). The molecule has 0 aromatic carbocycles. The van der Waals surface area contributed by atoms with Crippen LogP contribution in [0.4, 0.5) is 0 Å². The zero-order valence-corrected chi connectivity index (χ0v) is 9.89. The summed E-state index contributed by atoms with van der Waals surface area (Å²) in [4.78, 5) is 11.0. The molecular weight excluding hydrogens is 214 g/mol. The first-order chi connectivity index (χ1) is 7.07. The van der Waals surface area contributed by atoms with Gasteiger partial charge in [0.1, 0.15) is 6.54 Å². The van der Waals surface area contributed by atoms with Crippen molar-refractivity contribution in [3.63, 3.8) is 0 Å². The second-order valence-corrected chi connectivity index (χ2v) is 5.01. The molecule has 0 saturated heterocycles. The van der Waals surface area contributed by atoms with Crippen LogP contribution in [0.2, 0.25) is 0 Å². The summed E-state index contributed by atoms with van der Waals surface area (Å²) in [6, 6.07) is 1.82. The molecule has 15 heavy (non-hydrogen) atoms. The van der Waals surface area contributed by atoms with Crippen molar-refractivity contribution in [2.45, 2.75) is 18.6 Å². The average Bonchev–Trinajstić information content (AvgIpc) is 2.20. The van der Waals surface area contributed by atoms with E-state index in [9.17, 15) is 9.00 Å². The van der Waals surface area contributed by atoms with Gasteiger partial charge in [-0.2, -0.15) is 5.26 Å². The highest BCUT2D eigenvalue weighted by Gasteiger charge is 2.05. The second kappa shape index (κ2) is 8.38. The van der Waals surface area contributed by atoms with Gasteiger partial charge in [0.2, 0.25) is 5.91 Å². The van der Waals surface area contributed by atoms with Crippen LogP contribution < -0.4 is 10.6 Å². The van der Waals surface area contributed by atoms with Gasteiger partial charge < -0.3 is 10.6 Å². The van der Waals surface area contributed by atoms with Gasteiger partial charge in [-0.05, 0) is 13.0 Å². The van der Waals surface area contributed by atoms with E-state index in [0.29, 0.717) is 6.54 Å². The molecule has 0 aliphatic carbocycles. The molecule has 0 fully saturated rings. The van der Waals surface area contributed by atoms with Crippen molar-refractivity contribution in [3.05, 3.63) is 0 Å². The molecule has 0 spiro atoms. The zero-order chi connectivity index (χ0) is 11.7. The summed E-state index contributed by atoms with van der Waals surface area (Å²) in [5.41, 5.74) is 0. The molecule has 2 unspecified atom stereocenters. The van der Waals surface area contributed by atoms with Gasteiger partial charge in [0.05, 0.1) is 12.6 Å². The van der Waals surface area contributed by atoms with E-state index in [1.165, 1.54) is 0 Å². The van der Waals surface area contributed by atoms with Gasteiger partial charge in [-0.25, -0.2) is 0 Å². The lowest BCUT2D eigenvalue weighted by Gasteiger charge is -2.08. The smallest absolute Gasteiger partial charge is 0.234 e. The van der Waals surface area contributed by atoms with Gasteiger partial charge in [0.25, 0.3) is 0 Å². The van der Waals surface area contributed by atoms with Crippen LogP contribution in [0, 0.1) is 11.3 Å². The number of rotatable bonds is 7. The van der Waals surface area contributed by atoms with E-state index in [4.69, 9.17) is 5.26 Å². The van der Waals surface area contributed by atoms with Crippen molar-refractivity contribution in [2.75, 3.05) is 25.9 Å². The highest BCUT2D eigenvalue weighted by Crippen LogP contribution is 1.96. The van der Waals surface area contributed by atoms with Crippen molar-refractivity contribution >= 4 is 16.7 Å². The van der Waals surface area contributed by atoms with Gasteiger partial charge in [-0.3, -0.25) is 9.00 Å². The average molecular weight is 231 g/mol. The number of nitrogens with one attached hydrogen (secondary N) is 2. The third-order valence-corrected chi connectivity index (χ3v) is 3.31. The predicted molar refractivity (Wildman–Crippen MR) is 59.6 cm³/mol. The lowest BCUT2D eigenvalue weighted by molar-refractivity contribution is -0.120. The van der Waals surface area contributed by atoms with E-state index in [-0.39, 0.29) is 24.2 Å². The molecule has 6 heteroatoms. The Labute approximate surface area is 92.7 Å². The van der Waals surface area contributed by atoms with E-state index in [1.807, 2.05) is 13.0 Å². The molecule has 5 nitrogen and oxygen atoms in total. The number of carbonyl (C=O) groups is 1. The fourth-order valence-corrected chi connectivity index (χ4v) is 1.32. The monoisotopic (exact) mass is 231 g/mol. The van der Waals surface area contributed by atoms with Crippen LogP contribution in [0.3, 0.4) is 0 Å². The molecule has 0 aromatic rings. The van der Waals surface area contributed by atoms with E-state index < -0.39 is 10.8 Å². The summed E-state index contributed by atoms with van der Waals surface area (Å²) >= 11 is 0. The Hall–Kier alpha value is -0.930. The number of amides is 1. The molecule has 0 saturated carbocycles. The molecule has 0 aromatic heterocycles. The predicted octanol–water partition coefficient (Wildman–Crippen LogP) is -0.627. The zero-order valence-electron chi connectivity index (χ0n) is 9.08. The van der Waals surface area contributed by atoms with E-state index in [1.54, 1.807) is 6.26 Å². The Kier molecular flexibility index (Phi) is 7.86. The maximum Gasteiger partial charge on any atom is 0.234 e. The number of nitrogens with zero attached hydrogens (tertiary/aromatic N) is 1. The first-order valence-electron chi connectivity index (χ1n) is 4.74. The fourth-order valence-electron chi connectivity index (χ4n) is 0.874. The Balaban J connectivity index is 3.43. The van der Waals surface area contributed by atoms with E-state index in [2.05, 4.69) is 10.6 Å². The van der Waals surface area contributed by atoms with Crippen LogP contribution in [0.5, 0.6) is 0 Å². The van der Waals surface area contributed by atoms with Crippen molar-refractivity contribution in [1.29, 1.82) is 5.26 Å². The fraction of sp³-hybridized carbons (Fsp3) is 0.778. The Morgan fingerprint density at radius 1 is 1.60 bits per heavy atom. The summed E-state index contributed by atoms with van der Waals surface area (Å²) in [5.74, 6) is -0.193. The summed E-state index contributed by atoms with van der Waals surface area (Å²) in [6.07, 6.45) is 2.44.